The largest absolute Gasteiger partial charge is 1.00 e. The van der Waals surface area contributed by atoms with E-state index >= 15 is 0 Å². The summed E-state index contributed by atoms with van der Waals surface area (Å²) >= 11 is 0. The van der Waals surface area contributed by atoms with Crippen LogP contribution in [-0.2, 0) is 13.1 Å². The molecule has 35 heavy (non-hydrogen) atoms. The highest BCUT2D eigenvalue weighted by molar-refractivity contribution is 5.21. The maximum Gasteiger partial charge on any atom is 0.214 e. The van der Waals surface area contributed by atoms with Crippen LogP contribution in [0.15, 0.2) is 48.5 Å². The molecule has 0 unspecified atom stereocenters. The zero-order valence-corrected chi connectivity index (χ0v) is 24.5. The van der Waals surface area contributed by atoms with Crippen LogP contribution in [0, 0.1) is 13.8 Å². The molecule has 2 aromatic carbocycles. The summed E-state index contributed by atoms with van der Waals surface area (Å²) in [4.78, 5) is 5.82. The second-order valence-electron chi connectivity index (χ2n) is 11.2. The Kier molecular flexibility index (Phi) is 9.29. The molecule has 4 fully saturated rings. The van der Waals surface area contributed by atoms with E-state index in [1.165, 1.54) is 110 Å². The summed E-state index contributed by atoms with van der Waals surface area (Å²) in [7, 11) is 0. The fourth-order valence-electron chi connectivity index (χ4n) is 7.59. The summed E-state index contributed by atoms with van der Waals surface area (Å²) in [5.74, 6) is 0. The van der Waals surface area contributed by atoms with Crippen molar-refractivity contribution in [3.63, 3.8) is 0 Å². The zero-order valence-electron chi connectivity index (χ0n) is 21.3. The molecular weight excluding hydrogens is 568 g/mol. The van der Waals surface area contributed by atoms with Crippen molar-refractivity contribution < 1.29 is 48.4 Å². The quantitative estimate of drug-likeness (QED) is 0.345. The van der Waals surface area contributed by atoms with Crippen molar-refractivity contribution in [2.24, 2.45) is 0 Å². The predicted molar refractivity (Wildman–Crippen MR) is 133 cm³/mol. The monoisotopic (exact) mass is 608 g/mol. The van der Waals surface area contributed by atoms with Crippen LogP contribution in [0.25, 0.3) is 0 Å². The van der Waals surface area contributed by atoms with Crippen molar-refractivity contribution in [1.29, 1.82) is 0 Å². The van der Waals surface area contributed by atoms with Gasteiger partial charge in [-0.3, -0.25) is 8.97 Å². The third kappa shape index (κ3) is 5.15. The van der Waals surface area contributed by atoms with Gasteiger partial charge in [0.1, 0.15) is 13.1 Å². The Balaban J connectivity index is 0.00000114. The fourth-order valence-corrected chi connectivity index (χ4v) is 7.59. The molecule has 4 aliphatic heterocycles. The lowest BCUT2D eigenvalue weighted by molar-refractivity contribution is -1.07. The first-order valence-corrected chi connectivity index (χ1v) is 12.9. The molecule has 7 heteroatoms. The van der Waals surface area contributed by atoms with Gasteiger partial charge in [0.25, 0.3) is 0 Å². The average molecular weight is 610 g/mol. The van der Waals surface area contributed by atoms with Gasteiger partial charge in [0, 0.05) is 37.1 Å². The van der Waals surface area contributed by atoms with E-state index in [9.17, 15) is 0 Å². The molecule has 0 radical (unpaired) electrons. The molecule has 6 rings (SSSR count). The molecule has 0 aliphatic carbocycles. The zero-order chi connectivity index (χ0) is 21.8. The minimum absolute atomic E-state index is 0. The molecule has 0 saturated carbocycles. The molecular formula is C28H42Br2N4O. The van der Waals surface area contributed by atoms with Gasteiger partial charge >= 0.3 is 0 Å². The summed E-state index contributed by atoms with van der Waals surface area (Å²) in [6.07, 6.45) is 4.01. The van der Waals surface area contributed by atoms with E-state index in [4.69, 9.17) is 0 Å². The van der Waals surface area contributed by atoms with Gasteiger partial charge < -0.3 is 39.4 Å². The summed E-state index contributed by atoms with van der Waals surface area (Å²) < 4.78 is 2.58. The van der Waals surface area contributed by atoms with E-state index in [1.807, 2.05) is 0 Å². The van der Waals surface area contributed by atoms with Crippen LogP contribution in [0.4, 0.5) is 0 Å². The smallest absolute Gasteiger partial charge is 0.214 e. The van der Waals surface area contributed by atoms with Crippen molar-refractivity contribution in [1.82, 2.24) is 9.80 Å². The van der Waals surface area contributed by atoms with Crippen LogP contribution in [0.1, 0.15) is 35.1 Å². The SMILES string of the molecule is Cc1ccc(C[N@@+]23CCCN4CC[N@@+]5(Cc6ccc(C)cc6)CCCN(CC2)[C@H]5[C@H]43)cc1.O.[Br-].[Br-]. The normalized spacial score (nSPS) is 31.8. The van der Waals surface area contributed by atoms with Gasteiger partial charge in [-0.05, 0) is 13.8 Å². The number of nitrogens with zero attached hydrogens (tertiary/aromatic N) is 4. The topological polar surface area (TPSA) is 38.0 Å². The summed E-state index contributed by atoms with van der Waals surface area (Å²) in [6.45, 7) is 17.3. The molecule has 4 heterocycles. The number of halogens is 2. The summed E-state index contributed by atoms with van der Waals surface area (Å²) in [5, 5.41) is 0. The average Bonchev–Trinajstić information content (AvgIpc) is 2.81. The van der Waals surface area contributed by atoms with E-state index in [0.29, 0.717) is 12.3 Å². The first-order chi connectivity index (χ1) is 15.6. The Morgan fingerprint density at radius 3 is 1.34 bits per heavy atom. The predicted octanol–water partition coefficient (Wildman–Crippen LogP) is -3.09. The third-order valence-electron chi connectivity index (χ3n) is 9.14. The van der Waals surface area contributed by atoms with Crippen molar-refractivity contribution in [2.75, 3.05) is 52.4 Å². The first-order valence-electron chi connectivity index (χ1n) is 12.9. The van der Waals surface area contributed by atoms with Crippen LogP contribution in [0.3, 0.4) is 0 Å². The molecule has 4 atom stereocenters. The molecule has 0 spiro atoms. The number of benzene rings is 2. The molecule has 4 aliphatic rings. The Bertz CT molecular complexity index is 892. The van der Waals surface area contributed by atoms with Crippen LogP contribution >= 0.6 is 0 Å². The highest BCUT2D eigenvalue weighted by Gasteiger charge is 2.64. The minimum Gasteiger partial charge on any atom is -1.00 e. The molecule has 0 bridgehead atoms. The second kappa shape index (κ2) is 11.3. The fraction of sp³-hybridized carbons (Fsp3) is 0.571. The lowest BCUT2D eigenvalue weighted by atomic mass is 9.92. The van der Waals surface area contributed by atoms with E-state index in [2.05, 4.69) is 72.2 Å². The Hall–Kier alpha value is -0.800. The van der Waals surface area contributed by atoms with Crippen molar-refractivity contribution in [3.05, 3.63) is 70.8 Å². The lowest BCUT2D eigenvalue weighted by Crippen LogP contribution is -3.00. The van der Waals surface area contributed by atoms with E-state index in [-0.39, 0.29) is 39.4 Å². The highest BCUT2D eigenvalue weighted by Crippen LogP contribution is 2.43. The standard InChI is InChI=1S/C28H40N4.2BrH.H2O/c1-23-5-9-25(10-6-23)21-31-17-3-13-29-16-20-32(22-26-11-7-24(2)8-12-26)18-4-14-30(15-19-31)28(32)27(29)31;;;/h5-12,27-28H,3-4,13-22H2,1-2H3;2*1H;1H2/q+2;;;/p-2/t27-,28-,31-,32-;;;/m1.../s1. The third-order valence-corrected chi connectivity index (χ3v) is 9.14. The number of hydrogen-bond donors (Lipinski definition) is 0. The number of aryl methyl sites for hydroxylation is 2. The summed E-state index contributed by atoms with van der Waals surface area (Å²) in [5.41, 5.74) is 5.81. The van der Waals surface area contributed by atoms with Gasteiger partial charge in [-0.25, -0.2) is 9.80 Å². The molecule has 2 N–H and O–H groups in total. The molecule has 0 aromatic heterocycles. The maximum absolute atomic E-state index is 2.91. The number of hydrogen-bond acceptors (Lipinski definition) is 2. The molecule has 2 aromatic rings. The minimum atomic E-state index is 0. The van der Waals surface area contributed by atoms with Gasteiger partial charge in [0.2, 0.25) is 12.3 Å². The number of quaternary nitrogens is 2. The Morgan fingerprint density at radius 2 is 0.971 bits per heavy atom. The van der Waals surface area contributed by atoms with Crippen LogP contribution in [0.5, 0.6) is 0 Å². The van der Waals surface area contributed by atoms with Gasteiger partial charge in [0.15, 0.2) is 0 Å². The summed E-state index contributed by atoms with van der Waals surface area (Å²) in [6, 6.07) is 18.8. The highest BCUT2D eigenvalue weighted by atomic mass is 79.9. The van der Waals surface area contributed by atoms with E-state index in [0.717, 1.165) is 0 Å². The maximum atomic E-state index is 2.91. The van der Waals surface area contributed by atoms with Crippen molar-refractivity contribution in [3.8, 4) is 0 Å². The van der Waals surface area contributed by atoms with Gasteiger partial charge in [-0.1, -0.05) is 59.7 Å². The number of piperazine rings is 2. The van der Waals surface area contributed by atoms with Gasteiger partial charge in [0.05, 0.1) is 39.3 Å². The van der Waals surface area contributed by atoms with Crippen molar-refractivity contribution >= 4 is 0 Å². The Morgan fingerprint density at radius 1 is 0.600 bits per heavy atom. The van der Waals surface area contributed by atoms with E-state index < -0.39 is 0 Å². The van der Waals surface area contributed by atoms with Crippen molar-refractivity contribution in [2.45, 2.75) is 52.1 Å². The molecule has 0 amide bonds. The first kappa shape index (κ1) is 28.8. The molecule has 194 valence electrons. The lowest BCUT2D eigenvalue weighted by Gasteiger charge is -2.67. The second-order valence-corrected chi connectivity index (χ2v) is 11.2. The number of rotatable bonds is 4. The molecule has 4 saturated heterocycles. The molecule has 5 nitrogen and oxygen atoms in total. The van der Waals surface area contributed by atoms with E-state index in [1.54, 1.807) is 0 Å². The Labute approximate surface area is 232 Å². The van der Waals surface area contributed by atoms with Gasteiger partial charge in [-0.15, -0.1) is 0 Å². The van der Waals surface area contributed by atoms with Crippen LogP contribution in [0.2, 0.25) is 0 Å². The van der Waals surface area contributed by atoms with Crippen LogP contribution < -0.4 is 34.0 Å². The van der Waals surface area contributed by atoms with Crippen LogP contribution in [-0.4, -0.2) is 88.9 Å². The van der Waals surface area contributed by atoms with Gasteiger partial charge in [-0.2, -0.15) is 0 Å².